The van der Waals surface area contributed by atoms with E-state index in [1.165, 1.54) is 0 Å². The molecule has 2 aromatic carbocycles. The van der Waals surface area contributed by atoms with Gasteiger partial charge in [0, 0.05) is 0 Å². The Morgan fingerprint density at radius 1 is 0.812 bits per heavy atom. The van der Waals surface area contributed by atoms with Crippen molar-refractivity contribution in [2.24, 2.45) is 0 Å². The zero-order valence-corrected chi connectivity index (χ0v) is 21.1. The second-order valence-electron chi connectivity index (χ2n) is 9.73. The first-order valence-electron chi connectivity index (χ1n) is 10.9. The molecule has 0 radical (unpaired) electrons. The minimum Gasteiger partial charge on any atom is -0.465 e. The lowest BCUT2D eigenvalue weighted by molar-refractivity contribution is -0.141. The number of benzene rings is 2. The third-order valence-electron chi connectivity index (χ3n) is 4.81. The van der Waals surface area contributed by atoms with Crippen molar-refractivity contribution in [1.29, 1.82) is 0 Å². The van der Waals surface area contributed by atoms with Gasteiger partial charge in [-0.05, 0) is 53.1 Å². The summed E-state index contributed by atoms with van der Waals surface area (Å²) >= 11 is 0. The first kappa shape index (κ1) is 26.0. The molecule has 176 valence electrons. The van der Waals surface area contributed by atoms with Gasteiger partial charge in [-0.15, -0.1) is 0 Å². The predicted molar refractivity (Wildman–Crippen MR) is 129 cm³/mol. The van der Waals surface area contributed by atoms with Gasteiger partial charge in [0.05, 0.1) is 13.2 Å². The molecule has 0 atom stereocenters. The molecule has 0 saturated heterocycles. The Morgan fingerprint density at radius 2 is 1.22 bits per heavy atom. The molecule has 2 rings (SSSR count). The van der Waals surface area contributed by atoms with Gasteiger partial charge in [0.1, 0.15) is 17.8 Å². The summed E-state index contributed by atoms with van der Waals surface area (Å²) in [6.45, 7) is 14.7. The molecule has 1 N–H and O–H groups in total. The highest BCUT2D eigenvalue weighted by Gasteiger charge is 2.29. The summed E-state index contributed by atoms with van der Waals surface area (Å²) in [5, 5.41) is 2.83. The third kappa shape index (κ3) is 7.99. The van der Waals surface area contributed by atoms with E-state index < -0.39 is 13.6 Å². The molecule has 6 nitrogen and oxygen atoms in total. The average molecular weight is 462 g/mol. The van der Waals surface area contributed by atoms with E-state index in [9.17, 15) is 9.36 Å². The number of hydrogen-bond donors (Lipinski definition) is 1. The summed E-state index contributed by atoms with van der Waals surface area (Å²) in [4.78, 5) is 11.7. The predicted octanol–water partition coefficient (Wildman–Crippen LogP) is 6.04. The van der Waals surface area contributed by atoms with Gasteiger partial charge < -0.3 is 13.8 Å². The smallest absolute Gasteiger partial charge is 0.444 e. The zero-order chi connectivity index (χ0) is 24.0. The normalized spacial score (nSPS) is 12.3. The van der Waals surface area contributed by atoms with E-state index >= 15 is 0 Å². The largest absolute Gasteiger partial charge is 0.465 e. The van der Waals surface area contributed by atoms with Crippen molar-refractivity contribution in [3.63, 3.8) is 0 Å². The maximum atomic E-state index is 13.6. The topological polar surface area (TPSA) is 73.9 Å². The molecule has 0 aromatic heterocycles. The van der Waals surface area contributed by atoms with Crippen LogP contribution in [0.1, 0.15) is 59.6 Å². The number of rotatable bonds is 9. The average Bonchev–Trinajstić information content (AvgIpc) is 2.67. The number of ether oxygens (including phenoxy) is 1. The van der Waals surface area contributed by atoms with Crippen molar-refractivity contribution in [1.82, 2.24) is 5.32 Å². The van der Waals surface area contributed by atoms with E-state index in [0.29, 0.717) is 11.5 Å². The molecule has 0 heterocycles. The molecule has 7 heteroatoms. The number of nitrogens with one attached hydrogen (secondary N) is 1. The maximum absolute atomic E-state index is 13.6. The van der Waals surface area contributed by atoms with Crippen LogP contribution in [0.15, 0.2) is 48.5 Å². The van der Waals surface area contributed by atoms with Crippen molar-refractivity contribution in [2.75, 3.05) is 19.4 Å². The van der Waals surface area contributed by atoms with Crippen molar-refractivity contribution in [3.8, 4) is 11.5 Å². The Balaban J connectivity index is 2.20. The van der Waals surface area contributed by atoms with Crippen LogP contribution in [0.3, 0.4) is 0 Å². The summed E-state index contributed by atoms with van der Waals surface area (Å²) in [7, 11) is -3.67. The molecule has 0 saturated carbocycles. The fraction of sp³-hybridized carbons (Fsp3) is 0.480. The van der Waals surface area contributed by atoms with Gasteiger partial charge >= 0.3 is 13.6 Å². The molecule has 0 fully saturated rings. The van der Waals surface area contributed by atoms with Gasteiger partial charge in [-0.3, -0.25) is 10.1 Å². The van der Waals surface area contributed by atoms with Crippen LogP contribution >= 0.6 is 7.60 Å². The van der Waals surface area contributed by atoms with Crippen LogP contribution in [-0.2, 0) is 24.9 Å². The Bertz CT molecular complexity index is 861. The van der Waals surface area contributed by atoms with Gasteiger partial charge in [-0.1, -0.05) is 65.8 Å². The van der Waals surface area contributed by atoms with Gasteiger partial charge in [0.15, 0.2) is 0 Å². The van der Waals surface area contributed by atoms with Crippen LogP contribution in [0.5, 0.6) is 11.5 Å². The molecule has 0 aliphatic heterocycles. The van der Waals surface area contributed by atoms with Crippen LogP contribution < -0.4 is 14.4 Å². The quantitative estimate of drug-likeness (QED) is 0.362. The van der Waals surface area contributed by atoms with E-state index in [4.69, 9.17) is 13.8 Å². The van der Waals surface area contributed by atoms with Gasteiger partial charge in [0.25, 0.3) is 0 Å². The molecule has 32 heavy (non-hydrogen) atoms. The van der Waals surface area contributed by atoms with Crippen LogP contribution in [0.4, 0.5) is 0 Å². The van der Waals surface area contributed by atoms with Gasteiger partial charge in [0.2, 0.25) is 0 Å². The third-order valence-corrected chi connectivity index (χ3v) is 6.40. The second-order valence-corrected chi connectivity index (χ2v) is 11.6. The van der Waals surface area contributed by atoms with Crippen LogP contribution in [0, 0.1) is 0 Å². The molecule has 0 amide bonds. The summed E-state index contributed by atoms with van der Waals surface area (Å²) in [5.74, 6) is 0.444. The Kier molecular flexibility index (Phi) is 8.55. The van der Waals surface area contributed by atoms with Crippen molar-refractivity contribution >= 4 is 13.6 Å². The molecule has 0 unspecified atom stereocenters. The minimum absolute atomic E-state index is 0.00524. The zero-order valence-electron chi connectivity index (χ0n) is 20.2. The van der Waals surface area contributed by atoms with E-state index in [0.717, 1.165) is 11.1 Å². The number of carbonyl (C=O) groups is 1. The molecule has 2 aromatic rings. The van der Waals surface area contributed by atoms with E-state index in [1.54, 1.807) is 31.2 Å². The van der Waals surface area contributed by atoms with Crippen LogP contribution in [0.2, 0.25) is 0 Å². The highest BCUT2D eigenvalue weighted by atomic mass is 31.2. The SMILES string of the molecule is CCOC(=O)CNCP(=O)(Oc1ccc(C(C)(C)C)cc1)Oc1ccc(C(C)(C)C)cc1. The lowest BCUT2D eigenvalue weighted by atomic mass is 9.87. The highest BCUT2D eigenvalue weighted by Crippen LogP contribution is 2.48. The minimum atomic E-state index is -3.67. The lowest BCUT2D eigenvalue weighted by Gasteiger charge is -2.23. The van der Waals surface area contributed by atoms with Gasteiger partial charge in [-0.25, -0.2) is 4.57 Å². The summed E-state index contributed by atoms with van der Waals surface area (Å²) in [5.41, 5.74) is 2.27. The molecule has 0 aliphatic carbocycles. The first-order chi connectivity index (χ1) is 14.8. The first-order valence-corrected chi connectivity index (χ1v) is 12.6. The maximum Gasteiger partial charge on any atom is 0.444 e. The fourth-order valence-electron chi connectivity index (χ4n) is 2.94. The molecule has 0 bridgehead atoms. The fourth-order valence-corrected chi connectivity index (χ4v) is 4.38. The number of hydrogen-bond acceptors (Lipinski definition) is 6. The monoisotopic (exact) mass is 461 g/mol. The van der Waals surface area contributed by atoms with Crippen LogP contribution in [0.25, 0.3) is 0 Å². The molecular formula is C25H36NO5P. The summed E-state index contributed by atoms with van der Waals surface area (Å²) < 4.78 is 30.2. The standard InChI is InChI=1S/C25H36NO5P/c1-8-29-23(27)17-26-18-32(28,30-21-13-9-19(10-14-21)24(2,3)4)31-22-15-11-20(12-16-22)25(5,6)7/h9-16,26H,8,17-18H2,1-7H3. The van der Waals surface area contributed by atoms with E-state index in [1.807, 2.05) is 24.3 Å². The van der Waals surface area contributed by atoms with Crippen LogP contribution in [-0.4, -0.2) is 25.4 Å². The summed E-state index contributed by atoms with van der Waals surface area (Å²) in [6, 6.07) is 14.9. The lowest BCUT2D eigenvalue weighted by Crippen LogP contribution is -2.27. The van der Waals surface area contributed by atoms with Crippen molar-refractivity contribution in [3.05, 3.63) is 59.7 Å². The molecule has 0 aliphatic rings. The van der Waals surface area contributed by atoms with Crippen molar-refractivity contribution in [2.45, 2.75) is 59.3 Å². The Morgan fingerprint density at radius 3 is 1.56 bits per heavy atom. The van der Waals surface area contributed by atoms with E-state index in [-0.39, 0.29) is 30.3 Å². The number of esters is 1. The Hall–Kier alpha value is -2.30. The van der Waals surface area contributed by atoms with E-state index in [2.05, 4.69) is 46.9 Å². The Labute approximate surface area is 192 Å². The molecular weight excluding hydrogens is 425 g/mol. The van der Waals surface area contributed by atoms with Crippen molar-refractivity contribution < 1.29 is 23.1 Å². The molecule has 0 spiro atoms. The second kappa shape index (κ2) is 10.5. The summed E-state index contributed by atoms with van der Waals surface area (Å²) in [6.07, 6.45) is -0.145. The van der Waals surface area contributed by atoms with Gasteiger partial charge in [-0.2, -0.15) is 0 Å². The number of carbonyl (C=O) groups excluding carboxylic acids is 1. The highest BCUT2D eigenvalue weighted by molar-refractivity contribution is 7.54.